The highest BCUT2D eigenvalue weighted by molar-refractivity contribution is 14.1. The van der Waals surface area contributed by atoms with Gasteiger partial charge in [-0.15, -0.1) is 5.10 Å². The molecular formula is C24H22ClIN4O6S2. The lowest BCUT2D eigenvalue weighted by molar-refractivity contribution is 0.396. The Kier molecular flexibility index (Phi) is 8.72. The van der Waals surface area contributed by atoms with Gasteiger partial charge in [0.05, 0.1) is 19.9 Å². The maximum absolute atomic E-state index is 14.4. The number of rotatable bonds is 10. The summed E-state index contributed by atoms with van der Waals surface area (Å²) < 4.78 is 66.2. The van der Waals surface area contributed by atoms with Crippen molar-refractivity contribution in [3.8, 4) is 11.5 Å². The summed E-state index contributed by atoms with van der Waals surface area (Å²) in [6.07, 6.45) is 0. The highest BCUT2D eigenvalue weighted by atomic mass is 127. The Hall–Kier alpha value is -2.59. The minimum atomic E-state index is -4.49. The number of hydrogen-bond acceptors (Lipinski definition) is 9. The van der Waals surface area contributed by atoms with Crippen LogP contribution in [0.1, 0.15) is 16.7 Å². The topological polar surface area (TPSA) is 127 Å². The van der Waals surface area contributed by atoms with Gasteiger partial charge in [0.1, 0.15) is 27.8 Å². The van der Waals surface area contributed by atoms with Crippen molar-refractivity contribution in [2.45, 2.75) is 22.9 Å². The van der Waals surface area contributed by atoms with Crippen LogP contribution in [-0.4, -0.2) is 47.6 Å². The van der Waals surface area contributed by atoms with Crippen LogP contribution in [-0.2, 0) is 32.2 Å². The molecule has 3 aromatic rings. The van der Waals surface area contributed by atoms with Crippen LogP contribution >= 0.6 is 33.3 Å². The smallest absolute Gasteiger partial charge is 0.262 e. The molecule has 3 aromatic carbocycles. The predicted molar refractivity (Wildman–Crippen MR) is 151 cm³/mol. The van der Waals surface area contributed by atoms with E-state index >= 15 is 0 Å². The van der Waals surface area contributed by atoms with E-state index < -0.39 is 28.9 Å². The molecule has 1 aliphatic rings. The van der Waals surface area contributed by atoms with Gasteiger partial charge >= 0.3 is 0 Å². The fourth-order valence-electron chi connectivity index (χ4n) is 3.83. The van der Waals surface area contributed by atoms with Gasteiger partial charge < -0.3 is 9.47 Å². The number of benzene rings is 3. The molecule has 0 saturated carbocycles. The number of halogens is 2. The Labute approximate surface area is 238 Å². The first-order valence-electron chi connectivity index (χ1n) is 11.0. The molecule has 1 heterocycles. The van der Waals surface area contributed by atoms with Gasteiger partial charge in [-0.2, -0.15) is 9.42 Å². The molecule has 0 aliphatic carbocycles. The third kappa shape index (κ3) is 6.17. The monoisotopic (exact) mass is 688 g/mol. The lowest BCUT2D eigenvalue weighted by Gasteiger charge is -2.25. The Morgan fingerprint density at radius 1 is 0.868 bits per heavy atom. The zero-order valence-corrected chi connectivity index (χ0v) is 24.8. The SMILES string of the molecule is COc1ccc(CN(Cc2ccc(OC)cc2)S(=O)(=O)c2c(S(=O)(=O)Cl)ccc(I)c2C2=NN=NC2)cc1. The molecule has 200 valence electrons. The lowest BCUT2D eigenvalue weighted by Crippen LogP contribution is -2.33. The van der Waals surface area contributed by atoms with Crippen molar-refractivity contribution in [1.82, 2.24) is 4.31 Å². The standard InChI is InChI=1S/C24H22ClIN4O6S2/c1-35-18-7-3-16(4-8-18)14-30(15-17-5-9-19(36-2)10-6-17)38(33,34)24-22(37(25,31)32)12-11-20(26)23(24)21-13-27-29-28-21/h3-12H,13-15H2,1-2H3. The van der Waals surface area contributed by atoms with E-state index in [0.29, 0.717) is 26.2 Å². The molecule has 0 amide bonds. The number of sulfonamides is 1. The zero-order chi connectivity index (χ0) is 27.5. The number of ether oxygens (including phenoxy) is 2. The summed E-state index contributed by atoms with van der Waals surface area (Å²) >= 11 is 1.93. The van der Waals surface area contributed by atoms with Gasteiger partial charge in [0.15, 0.2) is 0 Å². The van der Waals surface area contributed by atoms with E-state index in [2.05, 4.69) is 15.4 Å². The minimum Gasteiger partial charge on any atom is -0.497 e. The average Bonchev–Trinajstić information content (AvgIpc) is 3.43. The molecule has 10 nitrogen and oxygen atoms in total. The van der Waals surface area contributed by atoms with Gasteiger partial charge in [-0.05, 0) is 75.3 Å². The molecule has 0 bridgehead atoms. The van der Waals surface area contributed by atoms with Crippen LogP contribution in [0.2, 0.25) is 0 Å². The Morgan fingerprint density at radius 2 is 1.39 bits per heavy atom. The third-order valence-corrected chi connectivity index (χ3v) is 9.98. The molecule has 0 atom stereocenters. The maximum Gasteiger partial charge on any atom is 0.262 e. The normalized spacial score (nSPS) is 13.6. The Balaban J connectivity index is 1.90. The number of hydrogen-bond donors (Lipinski definition) is 0. The van der Waals surface area contributed by atoms with Gasteiger partial charge in [-0.3, -0.25) is 0 Å². The molecule has 0 radical (unpaired) electrons. The lowest BCUT2D eigenvalue weighted by atomic mass is 10.1. The first kappa shape index (κ1) is 28.4. The van der Waals surface area contributed by atoms with Crippen molar-refractivity contribution in [1.29, 1.82) is 0 Å². The van der Waals surface area contributed by atoms with Crippen LogP contribution in [0, 0.1) is 3.57 Å². The number of nitrogens with zero attached hydrogens (tertiary/aromatic N) is 4. The van der Waals surface area contributed by atoms with Crippen molar-refractivity contribution in [3.63, 3.8) is 0 Å². The Morgan fingerprint density at radius 3 is 1.82 bits per heavy atom. The van der Waals surface area contributed by atoms with Crippen LogP contribution < -0.4 is 9.47 Å². The van der Waals surface area contributed by atoms with Crippen LogP contribution in [0.3, 0.4) is 0 Å². The van der Waals surface area contributed by atoms with Crippen molar-refractivity contribution in [2.75, 3.05) is 20.8 Å². The molecule has 4 rings (SSSR count). The van der Waals surface area contributed by atoms with E-state index in [1.54, 1.807) is 48.5 Å². The van der Waals surface area contributed by atoms with Crippen LogP contribution in [0.25, 0.3) is 0 Å². The van der Waals surface area contributed by atoms with Crippen LogP contribution in [0.4, 0.5) is 0 Å². The summed E-state index contributed by atoms with van der Waals surface area (Å²) in [7, 11) is -0.131. The molecule has 38 heavy (non-hydrogen) atoms. The van der Waals surface area contributed by atoms with Crippen molar-refractivity contribution in [3.05, 3.63) is 80.9 Å². The first-order chi connectivity index (χ1) is 18.0. The van der Waals surface area contributed by atoms with Gasteiger partial charge in [-0.1, -0.05) is 24.3 Å². The first-order valence-corrected chi connectivity index (χ1v) is 15.8. The summed E-state index contributed by atoms with van der Waals surface area (Å²) in [5, 5.41) is 11.4. The largest absolute Gasteiger partial charge is 0.497 e. The Bertz CT molecular complexity index is 1560. The summed E-state index contributed by atoms with van der Waals surface area (Å²) in [5.74, 6) is 1.22. The van der Waals surface area contributed by atoms with Crippen molar-refractivity contribution >= 4 is 58.1 Å². The summed E-state index contributed by atoms with van der Waals surface area (Å²) in [6.45, 7) is -0.125. The molecule has 0 fully saturated rings. The fourth-order valence-corrected chi connectivity index (χ4v) is 8.20. The summed E-state index contributed by atoms with van der Waals surface area (Å²) in [4.78, 5) is -1.01. The summed E-state index contributed by atoms with van der Waals surface area (Å²) in [5.41, 5.74) is 1.65. The zero-order valence-electron chi connectivity index (χ0n) is 20.2. The van der Waals surface area contributed by atoms with Crippen LogP contribution in [0.15, 0.2) is 85.9 Å². The third-order valence-electron chi connectivity index (χ3n) is 5.70. The molecule has 0 saturated heterocycles. The van der Waals surface area contributed by atoms with Crippen molar-refractivity contribution < 1.29 is 26.3 Å². The second kappa shape index (κ2) is 11.7. The fraction of sp³-hybridized carbons (Fsp3) is 0.208. The van der Waals surface area contributed by atoms with Gasteiger partial charge in [0.2, 0.25) is 10.0 Å². The van der Waals surface area contributed by atoms with E-state index in [0.717, 1.165) is 0 Å². The molecule has 0 spiro atoms. The number of methoxy groups -OCH3 is 2. The maximum atomic E-state index is 14.4. The molecule has 0 aromatic heterocycles. The minimum absolute atomic E-state index is 0.00126. The predicted octanol–water partition coefficient (Wildman–Crippen LogP) is 4.80. The van der Waals surface area contributed by atoms with E-state index in [-0.39, 0.29) is 30.9 Å². The molecule has 14 heteroatoms. The second-order valence-corrected chi connectivity index (χ2v) is 13.7. The van der Waals surface area contributed by atoms with Gasteiger partial charge in [0, 0.05) is 32.9 Å². The van der Waals surface area contributed by atoms with Crippen molar-refractivity contribution in [2.24, 2.45) is 15.4 Å². The molecule has 1 aliphatic heterocycles. The van der Waals surface area contributed by atoms with E-state index in [4.69, 9.17) is 20.2 Å². The second-order valence-electron chi connectivity index (χ2n) is 8.09. The van der Waals surface area contributed by atoms with E-state index in [9.17, 15) is 16.8 Å². The van der Waals surface area contributed by atoms with Crippen LogP contribution in [0.5, 0.6) is 11.5 Å². The summed E-state index contributed by atoms with van der Waals surface area (Å²) in [6, 6.07) is 16.5. The average molecular weight is 689 g/mol. The van der Waals surface area contributed by atoms with Gasteiger partial charge in [-0.25, -0.2) is 16.8 Å². The highest BCUT2D eigenvalue weighted by Gasteiger charge is 2.36. The van der Waals surface area contributed by atoms with E-state index in [1.807, 2.05) is 22.6 Å². The van der Waals surface area contributed by atoms with E-state index in [1.165, 1.54) is 30.7 Å². The quantitative estimate of drug-likeness (QED) is 0.223. The molecule has 0 unspecified atom stereocenters. The van der Waals surface area contributed by atoms with Gasteiger partial charge in [0.25, 0.3) is 9.05 Å². The molecular weight excluding hydrogens is 667 g/mol. The highest BCUT2D eigenvalue weighted by Crippen LogP contribution is 2.35. The molecule has 0 N–H and O–H groups in total.